The number of aromatic nitrogens is 4. The topological polar surface area (TPSA) is 102 Å². The summed E-state index contributed by atoms with van der Waals surface area (Å²) in [4.78, 5) is 15.5. The lowest BCUT2D eigenvalue weighted by Gasteiger charge is -2.33. The number of halogens is 2. The zero-order valence-electron chi connectivity index (χ0n) is 21.2. The first-order valence-electron chi connectivity index (χ1n) is 11.7. The molecule has 3 aromatic rings. The van der Waals surface area contributed by atoms with Crippen LogP contribution in [0.15, 0.2) is 24.7 Å². The van der Waals surface area contributed by atoms with Crippen LogP contribution in [0.2, 0.25) is 0 Å². The van der Waals surface area contributed by atoms with Gasteiger partial charge >= 0.3 is 7.60 Å². The van der Waals surface area contributed by atoms with Gasteiger partial charge in [0, 0.05) is 23.2 Å². The molecule has 0 bridgehead atoms. The summed E-state index contributed by atoms with van der Waals surface area (Å²) in [7, 11) is -3.37. The molecule has 3 rings (SSSR count). The second-order valence-corrected chi connectivity index (χ2v) is 12.2. The van der Waals surface area contributed by atoms with Crippen molar-refractivity contribution in [3.8, 4) is 11.4 Å². The summed E-state index contributed by atoms with van der Waals surface area (Å²) in [5.74, 6) is -0.911. The van der Waals surface area contributed by atoms with E-state index in [9.17, 15) is 13.3 Å². The third-order valence-electron chi connectivity index (χ3n) is 5.27. The van der Waals surface area contributed by atoms with Crippen LogP contribution in [0.4, 0.5) is 14.6 Å². The summed E-state index contributed by atoms with van der Waals surface area (Å²) in [6, 6.07) is 1.01. The van der Waals surface area contributed by atoms with Crippen LogP contribution in [0.3, 0.4) is 0 Å². The number of nitrogens with one attached hydrogen (secondary N) is 2. The van der Waals surface area contributed by atoms with E-state index in [2.05, 4.69) is 25.3 Å². The van der Waals surface area contributed by atoms with E-state index in [-0.39, 0.29) is 41.5 Å². The van der Waals surface area contributed by atoms with Crippen molar-refractivity contribution in [2.24, 2.45) is 5.41 Å². The molecule has 0 aliphatic rings. The number of H-pyrrole nitrogens is 1. The highest BCUT2D eigenvalue weighted by molar-refractivity contribution is 7.53. The van der Waals surface area contributed by atoms with Crippen LogP contribution in [-0.2, 0) is 13.6 Å². The van der Waals surface area contributed by atoms with E-state index in [4.69, 9.17) is 9.05 Å². The van der Waals surface area contributed by atoms with Crippen LogP contribution in [0.5, 0.6) is 0 Å². The Kier molecular flexibility index (Phi) is 8.29. The molecule has 0 saturated heterocycles. The van der Waals surface area contributed by atoms with E-state index < -0.39 is 19.2 Å². The fourth-order valence-electron chi connectivity index (χ4n) is 3.71. The van der Waals surface area contributed by atoms with E-state index in [0.717, 1.165) is 12.4 Å². The summed E-state index contributed by atoms with van der Waals surface area (Å²) in [6.45, 7) is 13.2. The Morgan fingerprint density at radius 2 is 1.74 bits per heavy atom. The SMILES string of the molecule is CC(C)OP(=O)(CC[C@@H](Nc1nc(-c2c[nH]c3ncc(F)cc23)ncc1F)C(C)(C)C)OC(C)C. The van der Waals surface area contributed by atoms with Crippen molar-refractivity contribution in [3.63, 3.8) is 0 Å². The Morgan fingerprint density at radius 1 is 1.09 bits per heavy atom. The zero-order valence-corrected chi connectivity index (χ0v) is 22.1. The summed E-state index contributed by atoms with van der Waals surface area (Å²) in [6.07, 6.45) is 3.81. The number of aromatic amines is 1. The molecule has 192 valence electrons. The Labute approximate surface area is 204 Å². The van der Waals surface area contributed by atoms with Gasteiger partial charge in [-0.25, -0.2) is 23.7 Å². The van der Waals surface area contributed by atoms with E-state index >= 15 is 0 Å². The van der Waals surface area contributed by atoms with Gasteiger partial charge in [0.05, 0.1) is 30.8 Å². The number of pyridine rings is 1. The third kappa shape index (κ3) is 7.06. The number of rotatable bonds is 10. The minimum Gasteiger partial charge on any atom is -0.364 e. The normalized spacial score (nSPS) is 13.7. The van der Waals surface area contributed by atoms with Gasteiger partial charge in [-0.3, -0.25) is 4.57 Å². The van der Waals surface area contributed by atoms with Crippen molar-refractivity contribution in [2.75, 3.05) is 11.5 Å². The fourth-order valence-corrected chi connectivity index (χ4v) is 5.83. The second-order valence-electron chi connectivity index (χ2n) is 10.1. The Hall–Kier alpha value is -2.42. The predicted molar refractivity (Wildman–Crippen MR) is 133 cm³/mol. The van der Waals surface area contributed by atoms with Gasteiger partial charge in [0.2, 0.25) is 0 Å². The molecule has 0 saturated carbocycles. The molecule has 3 aromatic heterocycles. The molecule has 0 amide bonds. The molecule has 0 aliphatic heterocycles. The maximum absolute atomic E-state index is 14.8. The predicted octanol–water partition coefficient (Wildman–Crippen LogP) is 6.56. The summed E-state index contributed by atoms with van der Waals surface area (Å²) < 4.78 is 53.2. The fraction of sp³-hybridized carbons (Fsp3) is 0.542. The average Bonchev–Trinajstić information content (AvgIpc) is 3.13. The van der Waals surface area contributed by atoms with Gasteiger partial charge in [0.15, 0.2) is 17.5 Å². The molecule has 2 N–H and O–H groups in total. The van der Waals surface area contributed by atoms with Gasteiger partial charge in [-0.05, 0) is 45.6 Å². The van der Waals surface area contributed by atoms with Crippen LogP contribution >= 0.6 is 7.60 Å². The first kappa shape index (κ1) is 27.2. The first-order chi connectivity index (χ1) is 16.3. The Morgan fingerprint density at radius 3 is 2.34 bits per heavy atom. The van der Waals surface area contributed by atoms with Crippen LogP contribution < -0.4 is 5.32 Å². The molecule has 11 heteroatoms. The molecule has 0 unspecified atom stereocenters. The molecule has 0 radical (unpaired) electrons. The minimum atomic E-state index is -3.37. The number of nitrogens with zero attached hydrogens (tertiary/aromatic N) is 3. The Bertz CT molecular complexity index is 1200. The first-order valence-corrected chi connectivity index (χ1v) is 13.4. The van der Waals surface area contributed by atoms with Gasteiger partial charge in [0.1, 0.15) is 11.5 Å². The molecular weight excluding hydrogens is 475 g/mol. The molecule has 0 aliphatic carbocycles. The molecule has 0 fully saturated rings. The molecule has 0 spiro atoms. The number of hydrogen-bond donors (Lipinski definition) is 2. The molecular formula is C24H34F2N5O3P. The lowest BCUT2D eigenvalue weighted by molar-refractivity contribution is 0.141. The summed E-state index contributed by atoms with van der Waals surface area (Å²) in [5, 5.41) is 3.66. The van der Waals surface area contributed by atoms with Crippen LogP contribution in [-0.4, -0.2) is 44.3 Å². The van der Waals surface area contributed by atoms with Crippen molar-refractivity contribution in [3.05, 3.63) is 36.3 Å². The van der Waals surface area contributed by atoms with E-state index in [1.807, 2.05) is 20.8 Å². The maximum Gasteiger partial charge on any atom is 0.331 e. The quantitative estimate of drug-likeness (QED) is 0.299. The minimum absolute atomic E-state index is 0.00183. The van der Waals surface area contributed by atoms with Crippen molar-refractivity contribution in [1.29, 1.82) is 0 Å². The van der Waals surface area contributed by atoms with Gasteiger partial charge in [-0.15, -0.1) is 0 Å². The molecule has 1 atom stereocenters. The van der Waals surface area contributed by atoms with Crippen LogP contribution in [0, 0.1) is 17.0 Å². The highest BCUT2D eigenvalue weighted by Crippen LogP contribution is 2.51. The van der Waals surface area contributed by atoms with E-state index in [1.165, 1.54) is 6.07 Å². The van der Waals surface area contributed by atoms with Gasteiger partial charge in [-0.1, -0.05) is 20.8 Å². The van der Waals surface area contributed by atoms with Crippen molar-refractivity contribution in [2.45, 2.75) is 73.1 Å². The highest BCUT2D eigenvalue weighted by Gasteiger charge is 2.33. The highest BCUT2D eigenvalue weighted by atomic mass is 31.2. The van der Waals surface area contributed by atoms with Gasteiger partial charge < -0.3 is 19.3 Å². The second kappa shape index (κ2) is 10.7. The smallest absolute Gasteiger partial charge is 0.331 e. The monoisotopic (exact) mass is 509 g/mol. The molecule has 0 aromatic carbocycles. The maximum atomic E-state index is 14.8. The van der Waals surface area contributed by atoms with E-state index in [1.54, 1.807) is 33.9 Å². The summed E-state index contributed by atoms with van der Waals surface area (Å²) >= 11 is 0. The van der Waals surface area contributed by atoms with Gasteiger partial charge in [0.25, 0.3) is 0 Å². The lowest BCUT2D eigenvalue weighted by atomic mass is 9.85. The largest absolute Gasteiger partial charge is 0.364 e. The molecule has 8 nitrogen and oxygen atoms in total. The Balaban J connectivity index is 1.88. The van der Waals surface area contributed by atoms with Crippen molar-refractivity contribution < 1.29 is 22.4 Å². The molecule has 35 heavy (non-hydrogen) atoms. The van der Waals surface area contributed by atoms with Crippen molar-refractivity contribution in [1.82, 2.24) is 19.9 Å². The lowest BCUT2D eigenvalue weighted by Crippen LogP contribution is -2.35. The zero-order chi connectivity index (χ0) is 26.0. The molecule has 3 heterocycles. The van der Waals surface area contributed by atoms with Crippen LogP contribution in [0.25, 0.3) is 22.4 Å². The van der Waals surface area contributed by atoms with Gasteiger partial charge in [-0.2, -0.15) is 0 Å². The van der Waals surface area contributed by atoms with Crippen LogP contribution in [0.1, 0.15) is 54.9 Å². The average molecular weight is 510 g/mol. The van der Waals surface area contributed by atoms with E-state index in [0.29, 0.717) is 23.0 Å². The standard InChI is InChI=1S/C24H34F2N5O3P/c1-14(2)33-35(32,34-15(3)4)9-8-20(24(5,6)7)30-23-19(26)13-29-22(31-23)18-12-28-21-17(18)10-16(25)11-27-21/h10-15,20H,8-9H2,1-7H3,(H,27,28)(H,29,30,31)/t20-/m1/s1. The van der Waals surface area contributed by atoms with Crippen molar-refractivity contribution >= 4 is 24.4 Å². The number of hydrogen-bond acceptors (Lipinski definition) is 7. The summed E-state index contributed by atoms with van der Waals surface area (Å²) in [5.41, 5.74) is 0.635. The third-order valence-corrected chi connectivity index (χ3v) is 7.57. The number of anilines is 1. The number of fused-ring (bicyclic) bond motifs is 1.